The van der Waals surface area contributed by atoms with Gasteiger partial charge in [-0.2, -0.15) is 0 Å². The first-order valence-electron chi connectivity index (χ1n) is 5.25. The topological polar surface area (TPSA) is 26.3 Å². The van der Waals surface area contributed by atoms with Crippen LogP contribution in [0.1, 0.15) is 23.2 Å². The number of rotatable bonds is 2. The predicted molar refractivity (Wildman–Crippen MR) is 62.0 cm³/mol. The molecule has 1 saturated heterocycles. The molecule has 0 bridgehead atoms. The summed E-state index contributed by atoms with van der Waals surface area (Å²) < 4.78 is 18.7. The highest BCUT2D eigenvalue weighted by Crippen LogP contribution is 2.24. The molecular formula is C12H12BrFO2. The quantitative estimate of drug-likeness (QED) is 0.781. The maximum atomic E-state index is 12.9. The fraction of sp³-hybridized carbons (Fsp3) is 0.417. The lowest BCUT2D eigenvalue weighted by Gasteiger charge is -2.21. The van der Waals surface area contributed by atoms with E-state index >= 15 is 0 Å². The first-order chi connectivity index (χ1) is 7.68. The van der Waals surface area contributed by atoms with Crippen LogP contribution in [0.5, 0.6) is 0 Å². The van der Waals surface area contributed by atoms with Crippen molar-refractivity contribution in [1.29, 1.82) is 0 Å². The molecule has 0 radical (unpaired) electrons. The zero-order valence-corrected chi connectivity index (χ0v) is 10.3. The number of carbonyl (C=O) groups excluding carboxylic acids is 1. The monoisotopic (exact) mass is 286 g/mol. The average Bonchev–Trinajstić information content (AvgIpc) is 2.29. The Balaban J connectivity index is 2.19. The molecule has 0 saturated carbocycles. The summed E-state index contributed by atoms with van der Waals surface area (Å²) in [5, 5.41) is 0. The molecule has 0 aromatic heterocycles. The van der Waals surface area contributed by atoms with Crippen LogP contribution in [0.3, 0.4) is 0 Å². The number of carbonyl (C=O) groups is 1. The van der Waals surface area contributed by atoms with E-state index in [4.69, 9.17) is 4.74 Å². The molecule has 0 spiro atoms. The molecule has 1 aliphatic rings. The number of halogens is 2. The van der Waals surface area contributed by atoms with Crippen molar-refractivity contribution in [3.63, 3.8) is 0 Å². The Hall–Kier alpha value is -0.740. The molecule has 0 amide bonds. The minimum absolute atomic E-state index is 0.0339. The van der Waals surface area contributed by atoms with Gasteiger partial charge in [0.2, 0.25) is 0 Å². The number of Topliss-reactive ketones (excluding diaryl/α,β-unsaturated/α-hetero) is 1. The van der Waals surface area contributed by atoms with Crippen molar-refractivity contribution in [2.45, 2.75) is 12.8 Å². The van der Waals surface area contributed by atoms with Crippen LogP contribution in [0.4, 0.5) is 4.39 Å². The number of ether oxygens (including phenoxy) is 1. The van der Waals surface area contributed by atoms with Gasteiger partial charge in [0.25, 0.3) is 0 Å². The van der Waals surface area contributed by atoms with Crippen LogP contribution < -0.4 is 0 Å². The van der Waals surface area contributed by atoms with Crippen LogP contribution in [0.2, 0.25) is 0 Å². The summed E-state index contributed by atoms with van der Waals surface area (Å²) in [6.45, 7) is 1.21. The van der Waals surface area contributed by atoms with Crippen molar-refractivity contribution in [3.05, 3.63) is 34.1 Å². The van der Waals surface area contributed by atoms with E-state index in [2.05, 4.69) is 15.9 Å². The van der Waals surface area contributed by atoms with Gasteiger partial charge >= 0.3 is 0 Å². The smallest absolute Gasteiger partial charge is 0.169 e. The zero-order chi connectivity index (χ0) is 11.5. The van der Waals surface area contributed by atoms with Gasteiger partial charge < -0.3 is 4.74 Å². The normalized spacial score (nSPS) is 20.8. The molecule has 0 N–H and O–H groups in total. The van der Waals surface area contributed by atoms with Gasteiger partial charge in [0.1, 0.15) is 5.82 Å². The summed E-state index contributed by atoms with van der Waals surface area (Å²) >= 11 is 3.21. The van der Waals surface area contributed by atoms with Crippen molar-refractivity contribution in [2.75, 3.05) is 13.2 Å². The Bertz CT molecular complexity index is 400. The third-order valence-electron chi connectivity index (χ3n) is 2.73. The minimum Gasteiger partial charge on any atom is -0.381 e. The van der Waals surface area contributed by atoms with Crippen molar-refractivity contribution < 1.29 is 13.9 Å². The van der Waals surface area contributed by atoms with Crippen molar-refractivity contribution in [2.24, 2.45) is 5.92 Å². The Morgan fingerprint density at radius 3 is 2.94 bits per heavy atom. The molecule has 1 heterocycles. The molecule has 1 atom stereocenters. The second-order valence-electron chi connectivity index (χ2n) is 3.90. The molecule has 2 rings (SSSR count). The third kappa shape index (κ3) is 2.50. The Morgan fingerprint density at radius 2 is 2.31 bits per heavy atom. The van der Waals surface area contributed by atoms with E-state index in [-0.39, 0.29) is 17.5 Å². The van der Waals surface area contributed by atoms with Gasteiger partial charge in [0.05, 0.1) is 6.61 Å². The van der Waals surface area contributed by atoms with Crippen LogP contribution in [0.25, 0.3) is 0 Å². The summed E-state index contributed by atoms with van der Waals surface area (Å²) in [4.78, 5) is 12.1. The van der Waals surface area contributed by atoms with Gasteiger partial charge in [0, 0.05) is 22.6 Å². The predicted octanol–water partition coefficient (Wildman–Crippen LogP) is 3.20. The number of ketones is 1. The Kier molecular flexibility index (Phi) is 3.71. The van der Waals surface area contributed by atoms with Gasteiger partial charge in [-0.1, -0.05) is 0 Å². The van der Waals surface area contributed by atoms with E-state index < -0.39 is 0 Å². The molecule has 1 aromatic carbocycles. The SMILES string of the molecule is O=C(c1ccc(F)cc1Br)C1CCCOC1. The molecule has 1 aromatic rings. The molecule has 86 valence electrons. The lowest BCUT2D eigenvalue weighted by molar-refractivity contribution is 0.0461. The molecule has 1 aliphatic heterocycles. The van der Waals surface area contributed by atoms with Gasteiger partial charge in [-0.3, -0.25) is 4.79 Å². The van der Waals surface area contributed by atoms with Crippen LogP contribution in [0, 0.1) is 11.7 Å². The number of hydrogen-bond acceptors (Lipinski definition) is 2. The van der Waals surface area contributed by atoms with Gasteiger partial charge in [-0.25, -0.2) is 4.39 Å². The first kappa shape index (κ1) is 11.7. The summed E-state index contributed by atoms with van der Waals surface area (Å²) in [6.07, 6.45) is 1.76. The lowest BCUT2D eigenvalue weighted by Crippen LogP contribution is -2.25. The van der Waals surface area contributed by atoms with Gasteiger partial charge in [-0.15, -0.1) is 0 Å². The average molecular weight is 287 g/mol. The second-order valence-corrected chi connectivity index (χ2v) is 4.76. The summed E-state index contributed by atoms with van der Waals surface area (Å²) in [7, 11) is 0. The number of hydrogen-bond donors (Lipinski definition) is 0. The summed E-state index contributed by atoms with van der Waals surface area (Å²) in [6, 6.07) is 4.15. The first-order valence-corrected chi connectivity index (χ1v) is 6.05. The van der Waals surface area contributed by atoms with Crippen molar-refractivity contribution in [3.8, 4) is 0 Å². The van der Waals surface area contributed by atoms with Crippen LogP contribution in [0.15, 0.2) is 22.7 Å². The highest BCUT2D eigenvalue weighted by molar-refractivity contribution is 9.10. The third-order valence-corrected chi connectivity index (χ3v) is 3.38. The molecule has 2 nitrogen and oxygen atoms in total. The minimum atomic E-state index is -0.344. The van der Waals surface area contributed by atoms with E-state index in [9.17, 15) is 9.18 Å². The Morgan fingerprint density at radius 1 is 1.50 bits per heavy atom. The zero-order valence-electron chi connectivity index (χ0n) is 8.71. The van der Waals surface area contributed by atoms with Crippen molar-refractivity contribution in [1.82, 2.24) is 0 Å². The van der Waals surface area contributed by atoms with E-state index in [1.54, 1.807) is 0 Å². The van der Waals surface area contributed by atoms with E-state index in [1.165, 1.54) is 18.2 Å². The number of benzene rings is 1. The molecule has 4 heteroatoms. The molecule has 1 fully saturated rings. The highest BCUT2D eigenvalue weighted by atomic mass is 79.9. The molecule has 16 heavy (non-hydrogen) atoms. The van der Waals surface area contributed by atoms with Gasteiger partial charge in [-0.05, 0) is 47.0 Å². The van der Waals surface area contributed by atoms with Crippen LogP contribution >= 0.6 is 15.9 Å². The summed E-state index contributed by atoms with van der Waals surface area (Å²) in [5.74, 6) is -0.398. The fourth-order valence-electron chi connectivity index (χ4n) is 1.86. The molecule has 1 unspecified atom stereocenters. The van der Waals surface area contributed by atoms with Crippen molar-refractivity contribution >= 4 is 21.7 Å². The highest BCUT2D eigenvalue weighted by Gasteiger charge is 2.24. The van der Waals surface area contributed by atoms with Crippen LogP contribution in [-0.2, 0) is 4.74 Å². The maximum Gasteiger partial charge on any atom is 0.169 e. The van der Waals surface area contributed by atoms with E-state index in [0.717, 1.165) is 19.4 Å². The molecule has 0 aliphatic carbocycles. The fourth-order valence-corrected chi connectivity index (χ4v) is 2.40. The van der Waals surface area contributed by atoms with E-state index in [1.807, 2.05) is 0 Å². The molecular weight excluding hydrogens is 275 g/mol. The van der Waals surface area contributed by atoms with E-state index in [0.29, 0.717) is 16.6 Å². The standard InChI is InChI=1S/C12H12BrFO2/c13-11-6-9(14)3-4-10(11)12(15)8-2-1-5-16-7-8/h3-4,6,8H,1-2,5,7H2. The van der Waals surface area contributed by atoms with Gasteiger partial charge in [0.15, 0.2) is 5.78 Å². The second kappa shape index (κ2) is 5.06. The lowest BCUT2D eigenvalue weighted by atomic mass is 9.93. The maximum absolute atomic E-state index is 12.9. The largest absolute Gasteiger partial charge is 0.381 e. The Labute approximate surface area is 102 Å². The van der Waals surface area contributed by atoms with Crippen LogP contribution in [-0.4, -0.2) is 19.0 Å². The summed E-state index contributed by atoms with van der Waals surface area (Å²) in [5.41, 5.74) is 0.539.